The van der Waals surface area contributed by atoms with E-state index in [1.807, 2.05) is 0 Å². The van der Waals surface area contributed by atoms with Crippen molar-refractivity contribution in [2.24, 2.45) is 0 Å². The van der Waals surface area contributed by atoms with Gasteiger partial charge in [0.25, 0.3) is 11.8 Å². The molecule has 0 unspecified atom stereocenters. The van der Waals surface area contributed by atoms with E-state index < -0.39 is 24.3 Å². The molecule has 17 heavy (non-hydrogen) atoms. The Hall–Kier alpha value is -2.37. The Morgan fingerprint density at radius 3 is 2.65 bits per heavy atom. The average Bonchev–Trinajstić information content (AvgIpc) is 2.55. The van der Waals surface area contributed by atoms with Gasteiger partial charge in [0.1, 0.15) is 6.54 Å². The normalized spacial score (nSPS) is 13.8. The lowest BCUT2D eigenvalue weighted by Gasteiger charge is -2.11. The SMILES string of the molecule is COC(=O)CN1C(=O)c2cccc(N)c2C1=O. The first-order valence-electron chi connectivity index (χ1n) is 4.87. The second-order valence-corrected chi connectivity index (χ2v) is 3.54. The number of hydrogen-bond acceptors (Lipinski definition) is 5. The summed E-state index contributed by atoms with van der Waals surface area (Å²) in [7, 11) is 1.19. The predicted octanol–water partition coefficient (Wildman–Crippen LogP) is 0.0378. The maximum Gasteiger partial charge on any atom is 0.325 e. The number of benzene rings is 1. The number of anilines is 1. The Morgan fingerprint density at radius 2 is 2.06 bits per heavy atom. The molecule has 88 valence electrons. The molecule has 1 aromatic rings. The van der Waals surface area contributed by atoms with Gasteiger partial charge >= 0.3 is 5.97 Å². The number of nitrogens with two attached hydrogens (primary N) is 1. The van der Waals surface area contributed by atoms with E-state index in [0.29, 0.717) is 0 Å². The maximum absolute atomic E-state index is 11.9. The highest BCUT2D eigenvalue weighted by molar-refractivity contribution is 6.24. The van der Waals surface area contributed by atoms with Crippen LogP contribution in [0.1, 0.15) is 20.7 Å². The molecule has 1 heterocycles. The van der Waals surface area contributed by atoms with Crippen molar-refractivity contribution < 1.29 is 19.1 Å². The van der Waals surface area contributed by atoms with E-state index in [1.165, 1.54) is 19.2 Å². The topological polar surface area (TPSA) is 89.7 Å². The third-order valence-electron chi connectivity index (χ3n) is 2.55. The quantitative estimate of drug-likeness (QED) is 0.443. The third-order valence-corrected chi connectivity index (χ3v) is 2.55. The molecule has 0 aliphatic carbocycles. The molecule has 2 N–H and O–H groups in total. The van der Waals surface area contributed by atoms with E-state index >= 15 is 0 Å². The van der Waals surface area contributed by atoms with Gasteiger partial charge < -0.3 is 10.5 Å². The minimum Gasteiger partial charge on any atom is -0.468 e. The molecule has 6 nitrogen and oxygen atoms in total. The first kappa shape index (κ1) is 11.1. The van der Waals surface area contributed by atoms with Gasteiger partial charge in [-0.25, -0.2) is 0 Å². The van der Waals surface area contributed by atoms with Gasteiger partial charge in [0.2, 0.25) is 0 Å². The molecule has 0 fully saturated rings. The Balaban J connectivity index is 2.39. The molecule has 0 bridgehead atoms. The Morgan fingerprint density at radius 1 is 1.35 bits per heavy atom. The van der Waals surface area contributed by atoms with Crippen molar-refractivity contribution in [2.45, 2.75) is 0 Å². The van der Waals surface area contributed by atoms with Crippen molar-refractivity contribution in [1.82, 2.24) is 4.90 Å². The van der Waals surface area contributed by atoms with Gasteiger partial charge in [0, 0.05) is 5.69 Å². The van der Waals surface area contributed by atoms with E-state index in [-0.39, 0.29) is 16.8 Å². The van der Waals surface area contributed by atoms with Crippen molar-refractivity contribution >= 4 is 23.5 Å². The van der Waals surface area contributed by atoms with Gasteiger partial charge in [-0.3, -0.25) is 19.3 Å². The van der Waals surface area contributed by atoms with E-state index in [9.17, 15) is 14.4 Å². The summed E-state index contributed by atoms with van der Waals surface area (Å²) in [5.74, 6) is -1.74. The lowest BCUT2D eigenvalue weighted by atomic mass is 10.1. The highest BCUT2D eigenvalue weighted by Gasteiger charge is 2.38. The minimum absolute atomic E-state index is 0.154. The standard InChI is InChI=1S/C11H10N2O4/c1-17-8(14)5-13-10(15)6-3-2-4-7(12)9(6)11(13)16/h2-4H,5,12H2,1H3. The molecule has 6 heteroatoms. The van der Waals surface area contributed by atoms with Crippen LogP contribution in [0.4, 0.5) is 5.69 Å². The van der Waals surface area contributed by atoms with Crippen LogP contribution in [-0.2, 0) is 9.53 Å². The van der Waals surface area contributed by atoms with Crippen LogP contribution in [0.15, 0.2) is 18.2 Å². The van der Waals surface area contributed by atoms with Crippen molar-refractivity contribution in [2.75, 3.05) is 19.4 Å². The fourth-order valence-corrected chi connectivity index (χ4v) is 1.70. The Labute approximate surface area is 96.9 Å². The highest BCUT2D eigenvalue weighted by atomic mass is 16.5. The number of hydrogen-bond donors (Lipinski definition) is 1. The number of ether oxygens (including phenoxy) is 1. The second-order valence-electron chi connectivity index (χ2n) is 3.54. The van der Waals surface area contributed by atoms with Crippen LogP contribution in [0.2, 0.25) is 0 Å². The van der Waals surface area contributed by atoms with Gasteiger partial charge in [0.15, 0.2) is 0 Å². The van der Waals surface area contributed by atoms with Crippen molar-refractivity contribution in [3.05, 3.63) is 29.3 Å². The molecule has 2 rings (SSSR count). The number of amides is 2. The Bertz CT molecular complexity index is 524. The molecule has 2 amide bonds. The number of nitrogens with zero attached hydrogens (tertiary/aromatic N) is 1. The Kier molecular flexibility index (Phi) is 2.55. The number of methoxy groups -OCH3 is 1. The van der Waals surface area contributed by atoms with Gasteiger partial charge in [0.05, 0.1) is 18.2 Å². The van der Waals surface area contributed by atoms with Gasteiger partial charge in [-0.15, -0.1) is 0 Å². The molecule has 0 aromatic heterocycles. The molecule has 0 radical (unpaired) electrons. The van der Waals surface area contributed by atoms with Crippen molar-refractivity contribution in [1.29, 1.82) is 0 Å². The van der Waals surface area contributed by atoms with Crippen molar-refractivity contribution in [3.8, 4) is 0 Å². The molecule has 1 aromatic carbocycles. The fourth-order valence-electron chi connectivity index (χ4n) is 1.70. The average molecular weight is 234 g/mol. The van der Waals surface area contributed by atoms with Gasteiger partial charge in [-0.05, 0) is 12.1 Å². The largest absolute Gasteiger partial charge is 0.468 e. The summed E-state index contributed by atoms with van der Waals surface area (Å²) >= 11 is 0. The lowest BCUT2D eigenvalue weighted by molar-refractivity contribution is -0.140. The molecule has 0 saturated heterocycles. The fraction of sp³-hybridized carbons (Fsp3) is 0.182. The lowest BCUT2D eigenvalue weighted by Crippen LogP contribution is -2.35. The molecule has 0 spiro atoms. The van der Waals surface area contributed by atoms with Crippen LogP contribution in [0.3, 0.4) is 0 Å². The number of nitrogen functional groups attached to an aromatic ring is 1. The predicted molar refractivity (Wildman–Crippen MR) is 58.2 cm³/mol. The molecule has 1 aliphatic heterocycles. The minimum atomic E-state index is -0.655. The molecule has 1 aliphatic rings. The summed E-state index contributed by atoms with van der Waals surface area (Å²) in [6.07, 6.45) is 0. The number of carbonyl (C=O) groups excluding carboxylic acids is 3. The first-order chi connectivity index (χ1) is 8.06. The summed E-state index contributed by atoms with van der Waals surface area (Å²) < 4.78 is 4.42. The van der Waals surface area contributed by atoms with Gasteiger partial charge in [-0.2, -0.15) is 0 Å². The van der Waals surface area contributed by atoms with Crippen LogP contribution in [0.25, 0.3) is 0 Å². The van der Waals surface area contributed by atoms with Crippen LogP contribution < -0.4 is 5.73 Å². The van der Waals surface area contributed by atoms with Crippen LogP contribution in [-0.4, -0.2) is 36.3 Å². The second kappa shape index (κ2) is 3.89. The maximum atomic E-state index is 11.9. The molecular formula is C11H10N2O4. The molecular weight excluding hydrogens is 224 g/mol. The van der Waals surface area contributed by atoms with Crippen LogP contribution in [0.5, 0.6) is 0 Å². The van der Waals surface area contributed by atoms with Crippen LogP contribution >= 0.6 is 0 Å². The highest BCUT2D eigenvalue weighted by Crippen LogP contribution is 2.27. The number of carbonyl (C=O) groups is 3. The molecule has 0 saturated carbocycles. The zero-order valence-corrected chi connectivity index (χ0v) is 9.10. The zero-order valence-electron chi connectivity index (χ0n) is 9.10. The summed E-state index contributed by atoms with van der Waals surface area (Å²) in [4.78, 5) is 35.7. The van der Waals surface area contributed by atoms with E-state index in [4.69, 9.17) is 5.73 Å². The van der Waals surface area contributed by atoms with Gasteiger partial charge in [-0.1, -0.05) is 6.07 Å². The summed E-state index contributed by atoms with van der Waals surface area (Å²) in [5.41, 5.74) is 6.24. The van der Waals surface area contributed by atoms with Crippen LogP contribution in [0, 0.1) is 0 Å². The van der Waals surface area contributed by atoms with Crippen molar-refractivity contribution in [3.63, 3.8) is 0 Å². The summed E-state index contributed by atoms with van der Waals surface area (Å²) in [6.45, 7) is -0.401. The number of fused-ring (bicyclic) bond motifs is 1. The third kappa shape index (κ3) is 1.63. The molecule has 0 atom stereocenters. The number of imide groups is 1. The zero-order chi connectivity index (χ0) is 12.6. The summed E-state index contributed by atoms with van der Waals surface area (Å²) in [6, 6.07) is 4.62. The van der Waals surface area contributed by atoms with E-state index in [2.05, 4.69) is 4.74 Å². The number of rotatable bonds is 2. The number of esters is 1. The smallest absolute Gasteiger partial charge is 0.325 e. The first-order valence-corrected chi connectivity index (χ1v) is 4.87. The summed E-state index contributed by atoms with van der Waals surface area (Å²) in [5, 5.41) is 0. The van der Waals surface area contributed by atoms with E-state index in [1.54, 1.807) is 6.07 Å². The van der Waals surface area contributed by atoms with E-state index in [0.717, 1.165) is 4.90 Å². The monoisotopic (exact) mass is 234 g/mol.